The molecule has 7 heteroatoms. The number of carbonyl (C=O) groups is 1. The van der Waals surface area contributed by atoms with Gasteiger partial charge < -0.3 is 9.84 Å². The molecular formula is C19H12FN3O3. The van der Waals surface area contributed by atoms with Gasteiger partial charge in [-0.05, 0) is 42.0 Å². The van der Waals surface area contributed by atoms with Gasteiger partial charge in [0, 0.05) is 11.8 Å². The van der Waals surface area contributed by atoms with E-state index in [1.165, 1.54) is 30.5 Å². The number of benzene rings is 2. The van der Waals surface area contributed by atoms with Crippen molar-refractivity contribution in [3.8, 4) is 23.2 Å². The molecule has 0 atom stereocenters. The standard InChI is InChI=1S/C19H12FN3O3/c20-15-4-1-12(2-5-15)11-26-17-6-3-13(9-14(17)10-21)18-22-8-7-16(23-18)19(24)25/h1-9H,11H2,(H,24,25). The minimum atomic E-state index is -1.16. The van der Waals surface area contributed by atoms with E-state index in [0.717, 1.165) is 5.56 Å². The van der Waals surface area contributed by atoms with Crippen molar-refractivity contribution in [1.29, 1.82) is 5.26 Å². The molecule has 0 spiro atoms. The van der Waals surface area contributed by atoms with E-state index < -0.39 is 5.97 Å². The van der Waals surface area contributed by atoms with Gasteiger partial charge in [0.25, 0.3) is 0 Å². The van der Waals surface area contributed by atoms with E-state index in [1.54, 1.807) is 24.3 Å². The second kappa shape index (κ2) is 7.40. The highest BCUT2D eigenvalue weighted by Gasteiger charge is 2.11. The fraction of sp³-hybridized carbons (Fsp3) is 0.0526. The summed E-state index contributed by atoms with van der Waals surface area (Å²) in [5.41, 5.74) is 1.38. The highest BCUT2D eigenvalue weighted by molar-refractivity contribution is 5.85. The molecule has 1 N–H and O–H groups in total. The van der Waals surface area contributed by atoms with E-state index in [1.807, 2.05) is 6.07 Å². The Balaban J connectivity index is 1.84. The Morgan fingerprint density at radius 1 is 1.19 bits per heavy atom. The average molecular weight is 349 g/mol. The van der Waals surface area contributed by atoms with Crippen LogP contribution in [0.5, 0.6) is 5.75 Å². The Kier molecular flexibility index (Phi) is 4.85. The topological polar surface area (TPSA) is 96.1 Å². The van der Waals surface area contributed by atoms with Crippen LogP contribution in [-0.4, -0.2) is 21.0 Å². The lowest BCUT2D eigenvalue weighted by Crippen LogP contribution is -2.02. The van der Waals surface area contributed by atoms with Crippen molar-refractivity contribution in [2.24, 2.45) is 0 Å². The number of ether oxygens (including phenoxy) is 1. The molecule has 0 aliphatic carbocycles. The van der Waals surface area contributed by atoms with Crippen molar-refractivity contribution in [1.82, 2.24) is 9.97 Å². The van der Waals surface area contributed by atoms with Gasteiger partial charge in [-0.2, -0.15) is 5.26 Å². The number of hydrogen-bond acceptors (Lipinski definition) is 5. The van der Waals surface area contributed by atoms with Crippen LogP contribution in [0, 0.1) is 17.1 Å². The molecule has 0 saturated carbocycles. The van der Waals surface area contributed by atoms with Crippen LogP contribution < -0.4 is 4.74 Å². The number of aromatic carboxylic acids is 1. The summed E-state index contributed by atoms with van der Waals surface area (Å²) in [6.07, 6.45) is 1.34. The van der Waals surface area contributed by atoms with Crippen LogP contribution in [0.2, 0.25) is 0 Å². The molecule has 1 aromatic heterocycles. The van der Waals surface area contributed by atoms with Gasteiger partial charge in [-0.1, -0.05) is 12.1 Å². The number of nitrogens with zero attached hydrogens (tertiary/aromatic N) is 3. The van der Waals surface area contributed by atoms with Crippen LogP contribution in [-0.2, 0) is 6.61 Å². The number of hydrogen-bond donors (Lipinski definition) is 1. The molecular weight excluding hydrogens is 337 g/mol. The van der Waals surface area contributed by atoms with E-state index in [0.29, 0.717) is 11.3 Å². The summed E-state index contributed by atoms with van der Waals surface area (Å²) in [5, 5.41) is 18.4. The quantitative estimate of drug-likeness (QED) is 0.758. The first-order valence-electron chi connectivity index (χ1n) is 7.55. The van der Waals surface area contributed by atoms with Gasteiger partial charge in [-0.3, -0.25) is 0 Å². The van der Waals surface area contributed by atoms with Gasteiger partial charge in [0.2, 0.25) is 0 Å². The second-order valence-electron chi connectivity index (χ2n) is 5.31. The van der Waals surface area contributed by atoms with Crippen LogP contribution in [0.15, 0.2) is 54.7 Å². The Morgan fingerprint density at radius 2 is 1.96 bits per heavy atom. The number of rotatable bonds is 5. The van der Waals surface area contributed by atoms with E-state index >= 15 is 0 Å². The molecule has 3 rings (SSSR count). The van der Waals surface area contributed by atoms with Gasteiger partial charge >= 0.3 is 5.97 Å². The Morgan fingerprint density at radius 3 is 2.65 bits per heavy atom. The van der Waals surface area contributed by atoms with Crippen molar-refractivity contribution < 1.29 is 19.0 Å². The van der Waals surface area contributed by atoms with Crippen LogP contribution in [0.1, 0.15) is 21.6 Å². The second-order valence-corrected chi connectivity index (χ2v) is 5.31. The van der Waals surface area contributed by atoms with Crippen molar-refractivity contribution in [3.63, 3.8) is 0 Å². The first kappa shape index (κ1) is 17.0. The molecule has 2 aromatic carbocycles. The summed E-state index contributed by atoms with van der Waals surface area (Å²) >= 11 is 0. The zero-order valence-corrected chi connectivity index (χ0v) is 13.4. The predicted octanol–water partition coefficient (Wildman–Crippen LogP) is 3.43. The summed E-state index contributed by atoms with van der Waals surface area (Å²) < 4.78 is 18.5. The number of carboxylic acids is 1. The molecule has 0 fully saturated rings. The Bertz CT molecular complexity index is 998. The van der Waals surface area contributed by atoms with Gasteiger partial charge in [0.05, 0.1) is 5.56 Å². The highest BCUT2D eigenvalue weighted by Crippen LogP contribution is 2.25. The van der Waals surface area contributed by atoms with E-state index in [-0.39, 0.29) is 29.5 Å². The summed E-state index contributed by atoms with van der Waals surface area (Å²) in [7, 11) is 0. The van der Waals surface area contributed by atoms with Gasteiger partial charge in [0.15, 0.2) is 11.5 Å². The zero-order valence-electron chi connectivity index (χ0n) is 13.4. The summed E-state index contributed by atoms with van der Waals surface area (Å²) in [5.74, 6) is -0.936. The minimum absolute atomic E-state index is 0.134. The molecule has 0 aliphatic heterocycles. The maximum atomic E-state index is 12.9. The molecule has 128 valence electrons. The first-order chi connectivity index (χ1) is 12.6. The Hall–Kier alpha value is -3.79. The van der Waals surface area contributed by atoms with Crippen LogP contribution in [0.4, 0.5) is 4.39 Å². The third-order valence-corrected chi connectivity index (χ3v) is 3.54. The maximum Gasteiger partial charge on any atom is 0.354 e. The molecule has 0 aliphatic rings. The Labute approximate surface area is 148 Å². The predicted molar refractivity (Wildman–Crippen MR) is 89.9 cm³/mol. The molecule has 0 bridgehead atoms. The molecule has 26 heavy (non-hydrogen) atoms. The SMILES string of the molecule is N#Cc1cc(-c2nccc(C(=O)O)n2)ccc1OCc1ccc(F)cc1. The summed E-state index contributed by atoms with van der Waals surface area (Å²) in [6.45, 7) is 0.180. The number of halogens is 1. The zero-order chi connectivity index (χ0) is 18.5. The lowest BCUT2D eigenvalue weighted by atomic mass is 10.1. The van der Waals surface area contributed by atoms with Gasteiger partial charge in [-0.25, -0.2) is 19.2 Å². The fourth-order valence-electron chi connectivity index (χ4n) is 2.24. The number of carboxylic acid groups (broad SMARTS) is 1. The highest BCUT2D eigenvalue weighted by atomic mass is 19.1. The monoisotopic (exact) mass is 349 g/mol. The summed E-state index contributed by atoms with van der Waals surface area (Å²) in [4.78, 5) is 19.0. The number of aromatic nitrogens is 2. The average Bonchev–Trinajstić information content (AvgIpc) is 2.67. The molecule has 6 nitrogen and oxygen atoms in total. The largest absolute Gasteiger partial charge is 0.488 e. The first-order valence-corrected chi connectivity index (χ1v) is 7.55. The normalized spacial score (nSPS) is 10.2. The summed E-state index contributed by atoms with van der Waals surface area (Å²) in [6, 6.07) is 13.9. The maximum absolute atomic E-state index is 12.9. The van der Waals surface area contributed by atoms with Crippen LogP contribution >= 0.6 is 0 Å². The number of nitriles is 1. The lowest BCUT2D eigenvalue weighted by molar-refractivity contribution is 0.0690. The lowest BCUT2D eigenvalue weighted by Gasteiger charge is -2.09. The van der Waals surface area contributed by atoms with E-state index in [2.05, 4.69) is 9.97 Å². The van der Waals surface area contributed by atoms with Crippen molar-refractivity contribution in [3.05, 3.63) is 77.4 Å². The van der Waals surface area contributed by atoms with Gasteiger partial charge in [-0.15, -0.1) is 0 Å². The molecule has 0 saturated heterocycles. The smallest absolute Gasteiger partial charge is 0.354 e. The molecule has 0 radical (unpaired) electrons. The fourth-order valence-corrected chi connectivity index (χ4v) is 2.24. The van der Waals surface area contributed by atoms with Crippen LogP contribution in [0.3, 0.4) is 0 Å². The third kappa shape index (κ3) is 3.82. The van der Waals surface area contributed by atoms with Gasteiger partial charge in [0.1, 0.15) is 24.2 Å². The van der Waals surface area contributed by atoms with E-state index in [9.17, 15) is 14.4 Å². The third-order valence-electron chi connectivity index (χ3n) is 3.54. The van der Waals surface area contributed by atoms with E-state index in [4.69, 9.17) is 9.84 Å². The van der Waals surface area contributed by atoms with Crippen molar-refractivity contribution in [2.75, 3.05) is 0 Å². The molecule has 0 amide bonds. The molecule has 0 unspecified atom stereocenters. The van der Waals surface area contributed by atoms with Crippen molar-refractivity contribution in [2.45, 2.75) is 6.61 Å². The molecule has 3 aromatic rings. The van der Waals surface area contributed by atoms with Crippen molar-refractivity contribution >= 4 is 5.97 Å². The van der Waals surface area contributed by atoms with Crippen LogP contribution in [0.25, 0.3) is 11.4 Å². The minimum Gasteiger partial charge on any atom is -0.488 e. The molecule has 1 heterocycles.